The van der Waals surface area contributed by atoms with Gasteiger partial charge in [-0.15, -0.1) is 0 Å². The molecule has 0 amide bonds. The second-order valence-corrected chi connectivity index (χ2v) is 5.17. The standard InChI is InChI=1S/C11H14O5S/c1-3-10(11(12)13)16-17(14,15)9-6-4-8(2)5-7-9/h4-7,10H,3H2,1-2H3,(H,12,13). The fraction of sp³-hybridized carbons (Fsp3) is 0.364. The molecule has 1 unspecified atom stereocenters. The van der Waals surface area contributed by atoms with Crippen molar-refractivity contribution in [2.45, 2.75) is 31.3 Å². The average molecular weight is 258 g/mol. The fourth-order valence-corrected chi connectivity index (χ4v) is 2.30. The smallest absolute Gasteiger partial charge is 0.334 e. The minimum absolute atomic E-state index is 0.0391. The van der Waals surface area contributed by atoms with E-state index in [2.05, 4.69) is 4.18 Å². The lowest BCUT2D eigenvalue weighted by Gasteiger charge is -2.11. The highest BCUT2D eigenvalue weighted by atomic mass is 32.2. The number of aryl methyl sites for hydroxylation is 1. The molecule has 1 aromatic carbocycles. The lowest BCUT2D eigenvalue weighted by Crippen LogP contribution is -2.26. The molecule has 0 aliphatic heterocycles. The lowest BCUT2D eigenvalue weighted by molar-refractivity contribution is -0.145. The van der Waals surface area contributed by atoms with Crippen LogP contribution in [-0.4, -0.2) is 25.6 Å². The first-order valence-electron chi connectivity index (χ1n) is 5.09. The molecule has 0 saturated heterocycles. The quantitative estimate of drug-likeness (QED) is 0.811. The van der Waals surface area contributed by atoms with Crippen molar-refractivity contribution in [2.24, 2.45) is 0 Å². The number of carboxylic acids is 1. The molecule has 94 valence electrons. The van der Waals surface area contributed by atoms with E-state index in [1.807, 2.05) is 6.92 Å². The molecule has 0 bridgehead atoms. The molecule has 1 atom stereocenters. The van der Waals surface area contributed by atoms with Crippen LogP contribution < -0.4 is 0 Å². The Morgan fingerprint density at radius 1 is 1.35 bits per heavy atom. The van der Waals surface area contributed by atoms with E-state index < -0.39 is 22.2 Å². The van der Waals surface area contributed by atoms with Crippen molar-refractivity contribution in [1.82, 2.24) is 0 Å². The zero-order valence-corrected chi connectivity index (χ0v) is 10.4. The monoisotopic (exact) mass is 258 g/mol. The largest absolute Gasteiger partial charge is 0.479 e. The van der Waals surface area contributed by atoms with Gasteiger partial charge < -0.3 is 5.11 Å². The minimum Gasteiger partial charge on any atom is -0.479 e. The van der Waals surface area contributed by atoms with Crippen LogP contribution in [0.5, 0.6) is 0 Å². The van der Waals surface area contributed by atoms with E-state index >= 15 is 0 Å². The molecule has 6 heteroatoms. The molecule has 0 fully saturated rings. The van der Waals surface area contributed by atoms with E-state index in [-0.39, 0.29) is 11.3 Å². The number of hydrogen-bond acceptors (Lipinski definition) is 4. The molecule has 0 aromatic heterocycles. The van der Waals surface area contributed by atoms with E-state index in [1.54, 1.807) is 19.1 Å². The number of aliphatic carboxylic acids is 1. The molecule has 1 aromatic rings. The van der Waals surface area contributed by atoms with Gasteiger partial charge in [-0.1, -0.05) is 24.6 Å². The fourth-order valence-electron chi connectivity index (χ4n) is 1.20. The molecule has 0 aliphatic rings. The van der Waals surface area contributed by atoms with Gasteiger partial charge in [-0.25, -0.2) is 4.79 Å². The molecule has 0 radical (unpaired) electrons. The molecule has 0 saturated carbocycles. The molecule has 5 nitrogen and oxygen atoms in total. The van der Waals surface area contributed by atoms with Gasteiger partial charge in [-0.2, -0.15) is 8.42 Å². The van der Waals surface area contributed by atoms with Crippen molar-refractivity contribution >= 4 is 16.1 Å². The van der Waals surface area contributed by atoms with Crippen molar-refractivity contribution in [3.05, 3.63) is 29.8 Å². The molecule has 0 aliphatic carbocycles. The predicted molar refractivity (Wildman–Crippen MR) is 61.2 cm³/mol. The summed E-state index contributed by atoms with van der Waals surface area (Å²) in [6.45, 7) is 3.37. The summed E-state index contributed by atoms with van der Waals surface area (Å²) in [6, 6.07) is 6.02. The molecular formula is C11H14O5S. The van der Waals surface area contributed by atoms with Gasteiger partial charge in [0.1, 0.15) is 0 Å². The third-order valence-electron chi connectivity index (χ3n) is 2.20. The topological polar surface area (TPSA) is 80.7 Å². The molecule has 1 N–H and O–H groups in total. The van der Waals surface area contributed by atoms with Gasteiger partial charge in [0.15, 0.2) is 6.10 Å². The Hall–Kier alpha value is -1.40. The normalized spacial score (nSPS) is 13.3. The van der Waals surface area contributed by atoms with E-state index in [4.69, 9.17) is 5.11 Å². The van der Waals surface area contributed by atoms with Crippen LogP contribution >= 0.6 is 0 Å². The van der Waals surface area contributed by atoms with Gasteiger partial charge in [-0.3, -0.25) is 4.18 Å². The van der Waals surface area contributed by atoms with Gasteiger partial charge in [0.05, 0.1) is 4.90 Å². The molecule has 1 rings (SSSR count). The summed E-state index contributed by atoms with van der Waals surface area (Å²) in [5.74, 6) is -1.29. The number of rotatable bonds is 5. The van der Waals surface area contributed by atoms with Crippen LogP contribution in [-0.2, 0) is 19.1 Å². The van der Waals surface area contributed by atoms with Crippen LogP contribution in [0.4, 0.5) is 0 Å². The SMILES string of the molecule is CCC(OS(=O)(=O)c1ccc(C)cc1)C(=O)O. The Balaban J connectivity index is 2.96. The first-order valence-corrected chi connectivity index (χ1v) is 6.50. The van der Waals surface area contributed by atoms with Crippen molar-refractivity contribution in [3.63, 3.8) is 0 Å². The Kier molecular flexibility index (Phi) is 4.25. The van der Waals surface area contributed by atoms with Crippen molar-refractivity contribution in [2.75, 3.05) is 0 Å². The molecule has 0 heterocycles. The maximum atomic E-state index is 11.7. The van der Waals surface area contributed by atoms with Gasteiger partial charge in [0.2, 0.25) is 0 Å². The van der Waals surface area contributed by atoms with Gasteiger partial charge in [0.25, 0.3) is 10.1 Å². The Morgan fingerprint density at radius 3 is 2.29 bits per heavy atom. The first kappa shape index (κ1) is 13.7. The summed E-state index contributed by atoms with van der Waals surface area (Å²) in [7, 11) is -4.01. The second kappa shape index (κ2) is 5.29. The van der Waals surface area contributed by atoms with Crippen LogP contribution in [0.2, 0.25) is 0 Å². The molecule has 17 heavy (non-hydrogen) atoms. The summed E-state index contributed by atoms with van der Waals surface area (Å²) >= 11 is 0. The van der Waals surface area contributed by atoms with Crippen LogP contribution in [0.3, 0.4) is 0 Å². The molecular weight excluding hydrogens is 244 g/mol. The third kappa shape index (κ3) is 3.54. The minimum atomic E-state index is -4.01. The summed E-state index contributed by atoms with van der Waals surface area (Å²) in [5.41, 5.74) is 0.911. The maximum absolute atomic E-state index is 11.7. The van der Waals surface area contributed by atoms with Crippen molar-refractivity contribution in [3.8, 4) is 0 Å². The third-order valence-corrected chi connectivity index (χ3v) is 3.53. The van der Waals surface area contributed by atoms with Crippen molar-refractivity contribution in [1.29, 1.82) is 0 Å². The van der Waals surface area contributed by atoms with Gasteiger partial charge in [-0.05, 0) is 25.5 Å². The summed E-state index contributed by atoms with van der Waals surface area (Å²) < 4.78 is 28.1. The van der Waals surface area contributed by atoms with Crippen molar-refractivity contribution < 1.29 is 22.5 Å². The summed E-state index contributed by atoms with van der Waals surface area (Å²) in [5, 5.41) is 8.74. The first-order chi connectivity index (χ1) is 7.86. The summed E-state index contributed by atoms with van der Waals surface area (Å²) in [4.78, 5) is 10.7. The number of benzene rings is 1. The zero-order chi connectivity index (χ0) is 13.1. The zero-order valence-electron chi connectivity index (χ0n) is 9.58. The van der Waals surface area contributed by atoms with Crippen LogP contribution in [0.15, 0.2) is 29.2 Å². The number of carbonyl (C=O) groups is 1. The van der Waals surface area contributed by atoms with Gasteiger partial charge in [0, 0.05) is 0 Å². The lowest BCUT2D eigenvalue weighted by atomic mass is 10.2. The summed E-state index contributed by atoms with van der Waals surface area (Å²) in [6.07, 6.45) is -1.26. The molecule has 0 spiro atoms. The highest BCUT2D eigenvalue weighted by Crippen LogP contribution is 2.16. The highest BCUT2D eigenvalue weighted by molar-refractivity contribution is 7.86. The Bertz CT molecular complexity index is 489. The number of hydrogen-bond donors (Lipinski definition) is 1. The van der Waals surface area contributed by atoms with E-state index in [1.165, 1.54) is 12.1 Å². The second-order valence-electron chi connectivity index (χ2n) is 3.60. The Labute approximate surface area is 100 Å². The van der Waals surface area contributed by atoms with Gasteiger partial charge >= 0.3 is 5.97 Å². The Morgan fingerprint density at radius 2 is 1.88 bits per heavy atom. The van der Waals surface area contributed by atoms with E-state index in [0.29, 0.717) is 0 Å². The number of carboxylic acid groups (broad SMARTS) is 1. The van der Waals surface area contributed by atoms with E-state index in [9.17, 15) is 13.2 Å². The van der Waals surface area contributed by atoms with Crippen LogP contribution in [0, 0.1) is 6.92 Å². The van der Waals surface area contributed by atoms with Crippen LogP contribution in [0.25, 0.3) is 0 Å². The highest BCUT2D eigenvalue weighted by Gasteiger charge is 2.25. The average Bonchev–Trinajstić information content (AvgIpc) is 2.26. The predicted octanol–water partition coefficient (Wildman–Crippen LogP) is 1.56. The van der Waals surface area contributed by atoms with E-state index in [0.717, 1.165) is 5.56 Å². The van der Waals surface area contributed by atoms with Crippen LogP contribution in [0.1, 0.15) is 18.9 Å². The maximum Gasteiger partial charge on any atom is 0.334 e.